The maximum Gasteiger partial charge on any atom is 0.221 e. The summed E-state index contributed by atoms with van der Waals surface area (Å²) in [5, 5.41) is 3.68. The highest BCUT2D eigenvalue weighted by atomic mass is 35.5. The minimum atomic E-state index is -0.193. The predicted octanol–water partition coefficient (Wildman–Crippen LogP) is 4.07. The molecule has 0 aliphatic heterocycles. The number of nitrogens with one attached hydrogen (secondary N) is 1. The number of carbonyl (C=O) groups excluding carboxylic acids is 1. The van der Waals surface area contributed by atoms with Gasteiger partial charge in [-0.2, -0.15) is 0 Å². The van der Waals surface area contributed by atoms with Gasteiger partial charge in [-0.25, -0.2) is 0 Å². The lowest BCUT2D eigenvalue weighted by Gasteiger charge is -2.06. The molecule has 0 unspecified atom stereocenters. The number of rotatable bonds is 2. The van der Waals surface area contributed by atoms with Crippen molar-refractivity contribution in [3.63, 3.8) is 0 Å². The van der Waals surface area contributed by atoms with Crippen LogP contribution in [0, 0.1) is 0 Å². The van der Waals surface area contributed by atoms with Gasteiger partial charge in [0.25, 0.3) is 0 Å². The van der Waals surface area contributed by atoms with Crippen LogP contribution in [0.4, 0.5) is 5.69 Å². The van der Waals surface area contributed by atoms with Crippen molar-refractivity contribution in [2.24, 2.45) is 0 Å². The highest BCUT2D eigenvalue weighted by molar-refractivity contribution is 6.30. The van der Waals surface area contributed by atoms with Gasteiger partial charge in [-0.05, 0) is 42.5 Å². The van der Waals surface area contributed by atoms with E-state index in [0.29, 0.717) is 27.4 Å². The predicted molar refractivity (Wildman–Crippen MR) is 87.2 cm³/mol. The molecule has 1 amide bonds. The Morgan fingerprint density at radius 2 is 1.82 bits per heavy atom. The van der Waals surface area contributed by atoms with Crippen molar-refractivity contribution in [2.45, 2.75) is 6.92 Å². The summed E-state index contributed by atoms with van der Waals surface area (Å²) < 4.78 is 5.77. The molecule has 5 heteroatoms. The highest BCUT2D eigenvalue weighted by Gasteiger charge is 2.08. The smallest absolute Gasteiger partial charge is 0.221 e. The van der Waals surface area contributed by atoms with Crippen LogP contribution in [0.15, 0.2) is 57.7 Å². The molecule has 1 aromatic heterocycles. The molecule has 0 radical (unpaired) electrons. The van der Waals surface area contributed by atoms with E-state index < -0.39 is 0 Å². The Kier molecular flexibility index (Phi) is 3.69. The number of halogens is 1. The highest BCUT2D eigenvalue weighted by Crippen LogP contribution is 2.25. The van der Waals surface area contributed by atoms with E-state index in [1.54, 1.807) is 42.5 Å². The zero-order valence-corrected chi connectivity index (χ0v) is 12.5. The average Bonchev–Trinajstić information content (AvgIpc) is 2.48. The van der Waals surface area contributed by atoms with E-state index in [2.05, 4.69) is 5.32 Å². The minimum absolute atomic E-state index is 0.168. The standard InChI is InChI=1S/C17H12ClNO3/c1-10(20)19-13-6-7-16-14(8-13)15(21)9-17(22-16)11-2-4-12(18)5-3-11/h2-9H,1H3,(H,19,20). The number of benzene rings is 2. The van der Waals surface area contributed by atoms with Crippen molar-refractivity contribution in [1.82, 2.24) is 0 Å². The number of hydrogen-bond acceptors (Lipinski definition) is 3. The zero-order valence-electron chi connectivity index (χ0n) is 11.7. The molecule has 110 valence electrons. The van der Waals surface area contributed by atoms with E-state index in [0.717, 1.165) is 5.56 Å². The Labute approximate surface area is 131 Å². The molecule has 4 nitrogen and oxygen atoms in total. The molecule has 0 atom stereocenters. The molecule has 0 saturated heterocycles. The Balaban J connectivity index is 2.11. The van der Waals surface area contributed by atoms with Gasteiger partial charge < -0.3 is 9.73 Å². The van der Waals surface area contributed by atoms with E-state index in [1.165, 1.54) is 13.0 Å². The third-order valence-electron chi connectivity index (χ3n) is 3.18. The first-order valence-corrected chi connectivity index (χ1v) is 7.02. The van der Waals surface area contributed by atoms with E-state index in [9.17, 15) is 9.59 Å². The molecule has 1 heterocycles. The van der Waals surface area contributed by atoms with Crippen LogP contribution in [0.2, 0.25) is 5.02 Å². The van der Waals surface area contributed by atoms with Crippen molar-refractivity contribution >= 4 is 34.2 Å². The molecular formula is C17H12ClNO3. The van der Waals surface area contributed by atoms with Gasteiger partial charge in [0.1, 0.15) is 11.3 Å². The summed E-state index contributed by atoms with van der Waals surface area (Å²) in [6.07, 6.45) is 0. The van der Waals surface area contributed by atoms with Crippen LogP contribution in [-0.4, -0.2) is 5.91 Å². The summed E-state index contributed by atoms with van der Waals surface area (Å²) in [4.78, 5) is 23.4. The molecule has 1 N–H and O–H groups in total. The quantitative estimate of drug-likeness (QED) is 0.775. The van der Waals surface area contributed by atoms with Crippen molar-refractivity contribution in [3.05, 3.63) is 63.8 Å². The zero-order chi connectivity index (χ0) is 15.7. The molecule has 0 aliphatic carbocycles. The third kappa shape index (κ3) is 2.87. The van der Waals surface area contributed by atoms with Crippen LogP contribution < -0.4 is 10.7 Å². The Morgan fingerprint density at radius 3 is 2.50 bits per heavy atom. The lowest BCUT2D eigenvalue weighted by molar-refractivity contribution is -0.114. The van der Waals surface area contributed by atoms with Crippen molar-refractivity contribution < 1.29 is 9.21 Å². The Hall–Kier alpha value is -2.59. The molecule has 0 aliphatic rings. The van der Waals surface area contributed by atoms with Crippen LogP contribution in [0.25, 0.3) is 22.3 Å². The average molecular weight is 314 g/mol. The van der Waals surface area contributed by atoms with Gasteiger partial charge in [0, 0.05) is 29.3 Å². The first kappa shape index (κ1) is 14.4. The Bertz CT molecular complexity index is 913. The van der Waals surface area contributed by atoms with Crippen LogP contribution >= 0.6 is 11.6 Å². The largest absolute Gasteiger partial charge is 0.456 e. The third-order valence-corrected chi connectivity index (χ3v) is 3.43. The Morgan fingerprint density at radius 1 is 1.09 bits per heavy atom. The van der Waals surface area contributed by atoms with Crippen LogP contribution in [0.3, 0.4) is 0 Å². The second-order valence-electron chi connectivity index (χ2n) is 4.87. The summed E-state index contributed by atoms with van der Waals surface area (Å²) in [7, 11) is 0. The van der Waals surface area contributed by atoms with Gasteiger partial charge in [0.05, 0.1) is 5.39 Å². The van der Waals surface area contributed by atoms with Crippen LogP contribution in [0.1, 0.15) is 6.92 Å². The van der Waals surface area contributed by atoms with E-state index >= 15 is 0 Å². The van der Waals surface area contributed by atoms with Crippen molar-refractivity contribution in [2.75, 3.05) is 5.32 Å². The second-order valence-corrected chi connectivity index (χ2v) is 5.31. The van der Waals surface area contributed by atoms with E-state index in [-0.39, 0.29) is 11.3 Å². The number of amides is 1. The summed E-state index contributed by atoms with van der Waals surface area (Å²) >= 11 is 5.86. The summed E-state index contributed by atoms with van der Waals surface area (Å²) in [5.41, 5.74) is 1.63. The summed E-state index contributed by atoms with van der Waals surface area (Å²) in [6, 6.07) is 13.5. The van der Waals surface area contributed by atoms with Gasteiger partial charge in [0.2, 0.25) is 5.91 Å². The molecule has 0 fully saturated rings. The number of carbonyl (C=O) groups is 1. The van der Waals surface area contributed by atoms with Crippen LogP contribution in [0.5, 0.6) is 0 Å². The van der Waals surface area contributed by atoms with Crippen molar-refractivity contribution in [1.29, 1.82) is 0 Å². The summed E-state index contributed by atoms with van der Waals surface area (Å²) in [6.45, 7) is 1.41. The fourth-order valence-corrected chi connectivity index (χ4v) is 2.32. The SMILES string of the molecule is CC(=O)Nc1ccc2oc(-c3ccc(Cl)cc3)cc(=O)c2c1. The molecule has 0 spiro atoms. The van der Waals surface area contributed by atoms with Crippen molar-refractivity contribution in [3.8, 4) is 11.3 Å². The second kappa shape index (κ2) is 5.66. The first-order chi connectivity index (χ1) is 10.5. The minimum Gasteiger partial charge on any atom is -0.456 e. The number of fused-ring (bicyclic) bond motifs is 1. The monoisotopic (exact) mass is 313 g/mol. The number of hydrogen-bond donors (Lipinski definition) is 1. The molecule has 0 saturated carbocycles. The molecular weight excluding hydrogens is 302 g/mol. The molecule has 0 bridgehead atoms. The first-order valence-electron chi connectivity index (χ1n) is 6.64. The van der Waals surface area contributed by atoms with Gasteiger partial charge >= 0.3 is 0 Å². The van der Waals surface area contributed by atoms with Gasteiger partial charge in [-0.3, -0.25) is 9.59 Å². The van der Waals surface area contributed by atoms with Gasteiger partial charge in [-0.1, -0.05) is 11.6 Å². The van der Waals surface area contributed by atoms with Gasteiger partial charge in [0.15, 0.2) is 5.43 Å². The van der Waals surface area contributed by atoms with E-state index in [4.69, 9.17) is 16.0 Å². The fourth-order valence-electron chi connectivity index (χ4n) is 2.19. The molecule has 3 rings (SSSR count). The number of anilines is 1. The normalized spacial score (nSPS) is 10.6. The molecule has 3 aromatic rings. The fraction of sp³-hybridized carbons (Fsp3) is 0.0588. The maximum atomic E-state index is 12.3. The maximum absolute atomic E-state index is 12.3. The van der Waals surface area contributed by atoms with Gasteiger partial charge in [-0.15, -0.1) is 0 Å². The lowest BCUT2D eigenvalue weighted by Crippen LogP contribution is -2.07. The topological polar surface area (TPSA) is 59.3 Å². The van der Waals surface area contributed by atoms with Crippen LogP contribution in [-0.2, 0) is 4.79 Å². The molecule has 22 heavy (non-hydrogen) atoms. The molecule has 2 aromatic carbocycles. The summed E-state index contributed by atoms with van der Waals surface area (Å²) in [5.74, 6) is 0.281. The van der Waals surface area contributed by atoms with E-state index in [1.807, 2.05) is 0 Å². The lowest BCUT2D eigenvalue weighted by atomic mass is 10.1.